The Morgan fingerprint density at radius 1 is 1.00 bits per heavy atom. The number of benzene rings is 3. The molecule has 2 atom stereocenters. The third-order valence-electron chi connectivity index (χ3n) is 8.39. The van der Waals surface area contributed by atoms with Crippen LogP contribution in [0.4, 0.5) is 11.4 Å². The zero-order valence-electron chi connectivity index (χ0n) is 24.6. The van der Waals surface area contributed by atoms with Crippen LogP contribution in [0.3, 0.4) is 0 Å². The first-order chi connectivity index (χ1) is 20.8. The minimum absolute atomic E-state index is 0.0367. The molecular formula is C35H39N3O5. The highest BCUT2D eigenvalue weighted by molar-refractivity contribution is 6.08. The average molecular weight is 582 g/mol. The van der Waals surface area contributed by atoms with E-state index in [9.17, 15) is 24.6 Å². The Kier molecular flexibility index (Phi) is 9.38. The van der Waals surface area contributed by atoms with Gasteiger partial charge in [-0.05, 0) is 42.2 Å². The molecule has 3 aromatic rings. The lowest BCUT2D eigenvalue weighted by atomic mass is 9.82. The lowest BCUT2D eigenvalue weighted by Crippen LogP contribution is -2.44. The third-order valence-corrected chi connectivity index (χ3v) is 8.39. The minimum atomic E-state index is -1.88. The van der Waals surface area contributed by atoms with Crippen LogP contribution in [-0.4, -0.2) is 52.5 Å². The quantitative estimate of drug-likeness (QED) is 0.324. The first-order valence-electron chi connectivity index (χ1n) is 14.9. The normalized spacial score (nSPS) is 19.1. The minimum Gasteiger partial charge on any atom is -0.395 e. The summed E-state index contributed by atoms with van der Waals surface area (Å²) in [6, 6.07) is 24.6. The van der Waals surface area contributed by atoms with Crippen molar-refractivity contribution in [3.63, 3.8) is 0 Å². The van der Waals surface area contributed by atoms with Gasteiger partial charge in [-0.15, -0.1) is 0 Å². The van der Waals surface area contributed by atoms with E-state index in [1.54, 1.807) is 39.8 Å². The summed E-state index contributed by atoms with van der Waals surface area (Å²) in [7, 11) is 0. The molecule has 0 saturated carbocycles. The summed E-state index contributed by atoms with van der Waals surface area (Å²) >= 11 is 0. The number of nitrogens with zero attached hydrogens (tertiary/aromatic N) is 3. The van der Waals surface area contributed by atoms with E-state index >= 15 is 0 Å². The van der Waals surface area contributed by atoms with Gasteiger partial charge >= 0.3 is 0 Å². The highest BCUT2D eigenvalue weighted by Crippen LogP contribution is 2.47. The number of hydrogen-bond donors (Lipinski definition) is 2. The number of rotatable bonds is 11. The molecule has 2 aliphatic heterocycles. The number of amides is 3. The number of aliphatic hydroxyl groups is 2. The number of fused-ring (bicyclic) bond motifs is 1. The second-order valence-electron chi connectivity index (χ2n) is 11.3. The predicted octanol–water partition coefficient (Wildman–Crippen LogP) is 4.54. The van der Waals surface area contributed by atoms with Crippen molar-refractivity contribution in [3.05, 3.63) is 108 Å². The van der Waals surface area contributed by atoms with Crippen molar-refractivity contribution in [1.29, 1.82) is 0 Å². The van der Waals surface area contributed by atoms with E-state index in [4.69, 9.17) is 0 Å². The Morgan fingerprint density at radius 2 is 1.70 bits per heavy atom. The molecule has 5 rings (SSSR count). The summed E-state index contributed by atoms with van der Waals surface area (Å²) in [5.74, 6) is -1.24. The van der Waals surface area contributed by atoms with Crippen LogP contribution in [0.25, 0.3) is 0 Å². The van der Waals surface area contributed by atoms with Crippen molar-refractivity contribution in [1.82, 2.24) is 4.90 Å². The molecule has 8 nitrogen and oxygen atoms in total. The molecule has 0 bridgehead atoms. The van der Waals surface area contributed by atoms with Gasteiger partial charge in [-0.2, -0.15) is 0 Å². The fourth-order valence-electron chi connectivity index (χ4n) is 5.96. The SMILES string of the molecule is C[C@H](/C=C/CC(=O)N(CCO)Cc1ccccc1)[C@@]1(O)C(=O)N(Cc2ccccc2)c2ccc(N3CCCCC3=O)cc21. The van der Waals surface area contributed by atoms with Gasteiger partial charge < -0.3 is 24.9 Å². The van der Waals surface area contributed by atoms with E-state index in [0.29, 0.717) is 43.0 Å². The van der Waals surface area contributed by atoms with E-state index in [1.165, 1.54) is 0 Å². The van der Waals surface area contributed by atoms with Crippen LogP contribution in [0.1, 0.15) is 49.3 Å². The molecule has 224 valence electrons. The van der Waals surface area contributed by atoms with Gasteiger partial charge in [0.2, 0.25) is 11.8 Å². The Hall–Kier alpha value is -4.27. The number of hydrogen-bond acceptors (Lipinski definition) is 5. The monoisotopic (exact) mass is 581 g/mol. The van der Waals surface area contributed by atoms with Crippen LogP contribution in [0.2, 0.25) is 0 Å². The van der Waals surface area contributed by atoms with Crippen molar-refractivity contribution in [2.24, 2.45) is 5.92 Å². The molecule has 0 spiro atoms. The third kappa shape index (κ3) is 6.40. The molecule has 0 unspecified atom stereocenters. The summed E-state index contributed by atoms with van der Waals surface area (Å²) in [4.78, 5) is 44.7. The molecule has 2 N–H and O–H groups in total. The maximum atomic E-state index is 14.0. The Morgan fingerprint density at radius 3 is 2.37 bits per heavy atom. The maximum absolute atomic E-state index is 14.0. The maximum Gasteiger partial charge on any atom is 0.264 e. The van der Waals surface area contributed by atoms with Crippen molar-refractivity contribution >= 4 is 29.1 Å². The number of carbonyl (C=O) groups is 3. The zero-order chi connectivity index (χ0) is 30.4. The fraction of sp³-hybridized carbons (Fsp3) is 0.343. The smallest absolute Gasteiger partial charge is 0.264 e. The Balaban J connectivity index is 1.40. The number of carbonyl (C=O) groups excluding carboxylic acids is 3. The topological polar surface area (TPSA) is 101 Å². The molecule has 43 heavy (non-hydrogen) atoms. The molecule has 2 heterocycles. The molecule has 3 amide bonds. The molecular weight excluding hydrogens is 542 g/mol. The van der Waals surface area contributed by atoms with E-state index in [2.05, 4.69) is 0 Å². The van der Waals surface area contributed by atoms with E-state index in [1.807, 2.05) is 72.8 Å². The largest absolute Gasteiger partial charge is 0.395 e. The van der Waals surface area contributed by atoms with Crippen molar-refractivity contribution in [3.8, 4) is 0 Å². The van der Waals surface area contributed by atoms with Crippen molar-refractivity contribution in [2.75, 3.05) is 29.5 Å². The van der Waals surface area contributed by atoms with Crippen LogP contribution in [-0.2, 0) is 33.1 Å². The van der Waals surface area contributed by atoms with Crippen LogP contribution < -0.4 is 9.80 Å². The zero-order valence-corrected chi connectivity index (χ0v) is 24.6. The molecule has 2 aliphatic rings. The van der Waals surface area contributed by atoms with Crippen LogP contribution in [0.5, 0.6) is 0 Å². The van der Waals surface area contributed by atoms with Crippen molar-refractivity contribution < 1.29 is 24.6 Å². The van der Waals surface area contributed by atoms with Gasteiger partial charge in [-0.1, -0.05) is 79.7 Å². The van der Waals surface area contributed by atoms with Gasteiger partial charge in [0.25, 0.3) is 5.91 Å². The highest BCUT2D eigenvalue weighted by atomic mass is 16.3. The summed E-state index contributed by atoms with van der Waals surface area (Å²) in [5, 5.41) is 21.7. The summed E-state index contributed by atoms with van der Waals surface area (Å²) < 4.78 is 0. The molecule has 3 aromatic carbocycles. The first kappa shape index (κ1) is 30.2. The molecule has 8 heteroatoms. The molecule has 0 aliphatic carbocycles. The van der Waals surface area contributed by atoms with Gasteiger partial charge in [0.1, 0.15) is 0 Å². The Bertz CT molecular complexity index is 1480. The van der Waals surface area contributed by atoms with Gasteiger partial charge in [0.05, 0.1) is 18.8 Å². The van der Waals surface area contributed by atoms with Crippen LogP contribution >= 0.6 is 0 Å². The van der Waals surface area contributed by atoms with Gasteiger partial charge in [0, 0.05) is 49.6 Å². The summed E-state index contributed by atoms with van der Waals surface area (Å²) in [6.07, 6.45) is 5.69. The fourth-order valence-corrected chi connectivity index (χ4v) is 5.96. The van der Waals surface area contributed by atoms with Gasteiger partial charge in [0.15, 0.2) is 5.60 Å². The second kappa shape index (κ2) is 13.4. The molecule has 1 saturated heterocycles. The summed E-state index contributed by atoms with van der Waals surface area (Å²) in [6.45, 7) is 3.10. The Labute approximate surface area is 252 Å². The average Bonchev–Trinajstić information content (AvgIpc) is 3.24. The predicted molar refractivity (Wildman–Crippen MR) is 166 cm³/mol. The van der Waals surface area contributed by atoms with Crippen LogP contribution in [0, 0.1) is 5.92 Å². The van der Waals surface area contributed by atoms with E-state index in [0.717, 1.165) is 24.0 Å². The second-order valence-corrected chi connectivity index (χ2v) is 11.3. The number of piperidine rings is 1. The van der Waals surface area contributed by atoms with Gasteiger partial charge in [-0.25, -0.2) is 0 Å². The molecule has 0 radical (unpaired) electrons. The molecule has 1 fully saturated rings. The van der Waals surface area contributed by atoms with E-state index < -0.39 is 17.4 Å². The lowest BCUT2D eigenvalue weighted by Gasteiger charge is -2.30. The molecule has 0 aromatic heterocycles. The standard InChI is InChI=1S/C35H39N3O5/c1-26(11-10-17-32(40)36(21-22-39)24-27-12-4-2-5-13-27)35(43)30-23-29(37-20-9-8-16-33(37)41)18-19-31(30)38(34(35)42)25-28-14-6-3-7-15-28/h2-7,10-15,18-19,23,26,39,43H,8-9,16-17,20-22,24-25H2,1H3/b11-10+/t26-,35+/m1/s1. The lowest BCUT2D eigenvalue weighted by molar-refractivity contribution is -0.139. The summed E-state index contributed by atoms with van der Waals surface area (Å²) in [5.41, 5.74) is 1.75. The highest BCUT2D eigenvalue weighted by Gasteiger charge is 2.52. The van der Waals surface area contributed by atoms with Crippen molar-refractivity contribution in [2.45, 2.75) is 51.3 Å². The number of anilines is 2. The van der Waals surface area contributed by atoms with Crippen LogP contribution in [0.15, 0.2) is 91.0 Å². The first-order valence-corrected chi connectivity index (χ1v) is 14.9. The number of aliphatic hydroxyl groups excluding tert-OH is 1. The van der Waals surface area contributed by atoms with Gasteiger partial charge in [-0.3, -0.25) is 14.4 Å². The van der Waals surface area contributed by atoms with E-state index in [-0.39, 0.29) is 31.4 Å².